The fourth-order valence-electron chi connectivity index (χ4n) is 1.14. The van der Waals surface area contributed by atoms with Gasteiger partial charge in [-0.15, -0.1) is 0 Å². The summed E-state index contributed by atoms with van der Waals surface area (Å²) in [5.74, 6) is -1.01. The first kappa shape index (κ1) is 12.6. The third-order valence-corrected chi connectivity index (χ3v) is 2.47. The Balaban J connectivity index is 2.53. The number of carboxylic acids is 1. The van der Waals surface area contributed by atoms with E-state index in [0.29, 0.717) is 6.42 Å². The molecule has 1 aromatic carbocycles. The van der Waals surface area contributed by atoms with E-state index in [-0.39, 0.29) is 12.1 Å². The van der Waals surface area contributed by atoms with Crippen molar-refractivity contribution in [1.29, 1.82) is 0 Å². The molecule has 0 bridgehead atoms. The van der Waals surface area contributed by atoms with Crippen molar-refractivity contribution < 1.29 is 22.9 Å². The summed E-state index contributed by atoms with van der Waals surface area (Å²) in [4.78, 5) is 10.5. The smallest absolute Gasteiger partial charge is 0.335 e. The van der Waals surface area contributed by atoms with Crippen LogP contribution in [0, 0.1) is 0 Å². The third-order valence-electron chi connectivity index (χ3n) is 1.90. The molecule has 0 spiro atoms. The Hall–Kier alpha value is -1.44. The fourth-order valence-corrected chi connectivity index (χ4v) is 1.50. The van der Waals surface area contributed by atoms with Gasteiger partial charge in [0.05, 0.1) is 5.56 Å². The molecular weight excluding hydrogens is 234 g/mol. The molecule has 0 aromatic heterocycles. The van der Waals surface area contributed by atoms with Crippen molar-refractivity contribution in [3.05, 3.63) is 35.4 Å². The lowest BCUT2D eigenvalue weighted by Gasteiger charge is -2.02. The average molecular weight is 245 g/mol. The zero-order valence-electron chi connectivity index (χ0n) is 8.25. The first-order chi connectivity index (χ1) is 7.38. The Morgan fingerprint density at radius 2 is 1.81 bits per heavy atom. The molecule has 0 heterocycles. The van der Waals surface area contributed by atoms with E-state index in [2.05, 4.69) is 0 Å². The molecule has 6 nitrogen and oxygen atoms in total. The molecule has 0 fully saturated rings. The zero-order chi connectivity index (χ0) is 12.2. The summed E-state index contributed by atoms with van der Waals surface area (Å²) in [5, 5.41) is 8.63. The standard InChI is InChI=1S/C9H11NO5S/c11-9(12)8-3-1-7(2-4-8)5-6-10-16(13,14)15/h1-4,10H,5-6H2,(H,11,12)(H,13,14,15). The lowest BCUT2D eigenvalue weighted by molar-refractivity contribution is 0.0697. The predicted octanol–water partition coefficient (Wildman–Crippen LogP) is 0.320. The number of carboxylic acid groups (broad SMARTS) is 1. The van der Waals surface area contributed by atoms with Crippen molar-refractivity contribution in [2.75, 3.05) is 6.54 Å². The van der Waals surface area contributed by atoms with Gasteiger partial charge in [-0.2, -0.15) is 13.1 Å². The number of nitrogens with one attached hydrogen (secondary N) is 1. The minimum absolute atomic E-state index is 0.0608. The Morgan fingerprint density at radius 3 is 2.25 bits per heavy atom. The quantitative estimate of drug-likeness (QED) is 0.648. The highest BCUT2D eigenvalue weighted by Gasteiger charge is 2.04. The van der Waals surface area contributed by atoms with Crippen LogP contribution in [0.15, 0.2) is 24.3 Å². The van der Waals surface area contributed by atoms with Crippen LogP contribution < -0.4 is 4.72 Å². The lowest BCUT2D eigenvalue weighted by Crippen LogP contribution is -2.24. The molecule has 0 amide bonds. The van der Waals surface area contributed by atoms with E-state index in [4.69, 9.17) is 9.66 Å². The van der Waals surface area contributed by atoms with Gasteiger partial charge in [0, 0.05) is 6.54 Å². The first-order valence-electron chi connectivity index (χ1n) is 4.43. The van der Waals surface area contributed by atoms with Gasteiger partial charge in [-0.1, -0.05) is 12.1 Å². The summed E-state index contributed by atoms with van der Waals surface area (Å²) >= 11 is 0. The van der Waals surface area contributed by atoms with Gasteiger partial charge in [0.15, 0.2) is 0 Å². The van der Waals surface area contributed by atoms with E-state index < -0.39 is 16.3 Å². The molecule has 0 saturated heterocycles. The maximum atomic E-state index is 10.5. The normalized spacial score (nSPS) is 11.3. The van der Waals surface area contributed by atoms with Crippen molar-refractivity contribution in [3.63, 3.8) is 0 Å². The highest BCUT2D eigenvalue weighted by atomic mass is 32.2. The Bertz CT molecular complexity index is 465. The van der Waals surface area contributed by atoms with Gasteiger partial charge in [0.25, 0.3) is 0 Å². The molecule has 7 heteroatoms. The predicted molar refractivity (Wildman–Crippen MR) is 56.7 cm³/mol. The summed E-state index contributed by atoms with van der Waals surface area (Å²) in [6, 6.07) is 6.06. The molecule has 0 radical (unpaired) electrons. The van der Waals surface area contributed by atoms with E-state index in [1.165, 1.54) is 12.1 Å². The van der Waals surface area contributed by atoms with Crippen LogP contribution >= 0.6 is 0 Å². The van der Waals surface area contributed by atoms with Crippen LogP contribution in [-0.4, -0.2) is 30.6 Å². The third kappa shape index (κ3) is 4.39. The highest BCUT2D eigenvalue weighted by Crippen LogP contribution is 2.04. The van der Waals surface area contributed by atoms with Crippen molar-refractivity contribution in [3.8, 4) is 0 Å². The van der Waals surface area contributed by atoms with Gasteiger partial charge in [-0.25, -0.2) is 4.79 Å². The Labute approximate surface area is 92.8 Å². The van der Waals surface area contributed by atoms with Crippen molar-refractivity contribution in [1.82, 2.24) is 4.72 Å². The largest absolute Gasteiger partial charge is 0.478 e. The summed E-state index contributed by atoms with van der Waals surface area (Å²) in [5.41, 5.74) is 0.952. The molecule has 1 rings (SSSR count). The second-order valence-corrected chi connectivity index (χ2v) is 4.36. The van der Waals surface area contributed by atoms with E-state index in [1.54, 1.807) is 12.1 Å². The average Bonchev–Trinajstić information content (AvgIpc) is 2.16. The molecule has 1 aromatic rings. The van der Waals surface area contributed by atoms with Crippen molar-refractivity contribution in [2.24, 2.45) is 0 Å². The molecule has 0 aliphatic heterocycles. The van der Waals surface area contributed by atoms with Gasteiger partial charge < -0.3 is 5.11 Å². The summed E-state index contributed by atoms with van der Waals surface area (Å²) in [6.07, 6.45) is 0.375. The molecule has 16 heavy (non-hydrogen) atoms. The molecule has 0 atom stereocenters. The van der Waals surface area contributed by atoms with E-state index in [1.807, 2.05) is 4.72 Å². The minimum atomic E-state index is -4.16. The molecular formula is C9H11NO5S. The van der Waals surface area contributed by atoms with Gasteiger partial charge in [-0.05, 0) is 24.1 Å². The van der Waals surface area contributed by atoms with E-state index >= 15 is 0 Å². The number of rotatable bonds is 5. The number of carbonyl (C=O) groups is 1. The number of benzene rings is 1. The van der Waals surface area contributed by atoms with E-state index in [9.17, 15) is 13.2 Å². The second-order valence-electron chi connectivity index (χ2n) is 3.12. The summed E-state index contributed by atoms with van der Waals surface area (Å²) in [6.45, 7) is 0.0608. The number of hydrogen-bond donors (Lipinski definition) is 3. The SMILES string of the molecule is O=C(O)c1ccc(CCNS(=O)(=O)O)cc1. The fraction of sp³-hybridized carbons (Fsp3) is 0.222. The van der Waals surface area contributed by atoms with Crippen LogP contribution in [0.5, 0.6) is 0 Å². The van der Waals surface area contributed by atoms with Crippen LogP contribution in [-0.2, 0) is 16.7 Å². The molecule has 88 valence electrons. The first-order valence-corrected chi connectivity index (χ1v) is 5.87. The van der Waals surface area contributed by atoms with Crippen LogP contribution in [0.25, 0.3) is 0 Å². The van der Waals surface area contributed by atoms with Gasteiger partial charge in [-0.3, -0.25) is 4.55 Å². The molecule has 0 aliphatic carbocycles. The molecule has 0 aliphatic rings. The Kier molecular flexibility index (Phi) is 3.99. The lowest BCUT2D eigenvalue weighted by atomic mass is 10.1. The zero-order valence-corrected chi connectivity index (χ0v) is 9.07. The topological polar surface area (TPSA) is 104 Å². The maximum absolute atomic E-state index is 10.5. The highest BCUT2D eigenvalue weighted by molar-refractivity contribution is 7.83. The van der Waals surface area contributed by atoms with Gasteiger partial charge in [0.2, 0.25) is 0 Å². The monoisotopic (exact) mass is 245 g/mol. The van der Waals surface area contributed by atoms with Crippen LogP contribution in [0.3, 0.4) is 0 Å². The molecule has 3 N–H and O–H groups in total. The maximum Gasteiger partial charge on any atom is 0.335 e. The molecule has 0 saturated carbocycles. The minimum Gasteiger partial charge on any atom is -0.478 e. The number of aromatic carboxylic acids is 1. The second kappa shape index (κ2) is 5.06. The number of hydrogen-bond acceptors (Lipinski definition) is 3. The van der Waals surface area contributed by atoms with Gasteiger partial charge in [0.1, 0.15) is 0 Å². The van der Waals surface area contributed by atoms with Gasteiger partial charge >= 0.3 is 16.3 Å². The van der Waals surface area contributed by atoms with Crippen LogP contribution in [0.2, 0.25) is 0 Å². The van der Waals surface area contributed by atoms with Crippen LogP contribution in [0.4, 0.5) is 0 Å². The summed E-state index contributed by atoms with van der Waals surface area (Å²) in [7, 11) is -4.16. The van der Waals surface area contributed by atoms with Crippen LogP contribution in [0.1, 0.15) is 15.9 Å². The summed E-state index contributed by atoms with van der Waals surface area (Å²) < 4.78 is 31.0. The van der Waals surface area contributed by atoms with E-state index in [0.717, 1.165) is 5.56 Å². The Morgan fingerprint density at radius 1 is 1.25 bits per heavy atom. The van der Waals surface area contributed by atoms with Crippen molar-refractivity contribution in [2.45, 2.75) is 6.42 Å². The molecule has 0 unspecified atom stereocenters. The van der Waals surface area contributed by atoms with Crippen molar-refractivity contribution >= 4 is 16.3 Å².